The first-order valence-electron chi connectivity index (χ1n) is 4.22. The van der Waals surface area contributed by atoms with E-state index >= 15 is 0 Å². The van der Waals surface area contributed by atoms with Crippen LogP contribution in [0, 0.1) is 0 Å². The number of hydrogen-bond acceptors (Lipinski definition) is 2. The molecule has 0 fully saturated rings. The van der Waals surface area contributed by atoms with Gasteiger partial charge in [-0.2, -0.15) is 0 Å². The topological polar surface area (TPSA) is 41.1 Å². The average molecular weight is 207 g/mol. The lowest BCUT2D eigenvalue weighted by Gasteiger charge is -2.11. The molecule has 2 N–H and O–H groups in total. The maximum atomic E-state index is 10.2. The standard InChI is InChI=1S/C10H11N2OS/c1-8(7-13)11-10(14)12-9-5-3-2-4-6-9/h2-6,8H,1H3,(H2,11,12,14). The number of anilines is 1. The van der Waals surface area contributed by atoms with Crippen molar-refractivity contribution in [3.63, 3.8) is 0 Å². The Bertz CT molecular complexity index is 313. The van der Waals surface area contributed by atoms with Crippen molar-refractivity contribution in [2.75, 3.05) is 5.32 Å². The zero-order valence-electron chi connectivity index (χ0n) is 7.78. The van der Waals surface area contributed by atoms with E-state index in [-0.39, 0.29) is 0 Å². The van der Waals surface area contributed by atoms with Gasteiger partial charge in [0, 0.05) is 5.69 Å². The maximum absolute atomic E-state index is 10.2. The first-order chi connectivity index (χ1) is 6.72. The molecule has 0 aliphatic rings. The van der Waals surface area contributed by atoms with Crippen LogP contribution in [0.3, 0.4) is 0 Å². The molecule has 1 unspecified atom stereocenters. The van der Waals surface area contributed by atoms with E-state index in [2.05, 4.69) is 10.6 Å². The van der Waals surface area contributed by atoms with Gasteiger partial charge in [0.25, 0.3) is 0 Å². The summed E-state index contributed by atoms with van der Waals surface area (Å²) in [7, 11) is 0. The molecule has 0 saturated heterocycles. The van der Waals surface area contributed by atoms with Gasteiger partial charge in [-0.15, -0.1) is 0 Å². The lowest BCUT2D eigenvalue weighted by Crippen LogP contribution is -2.36. The molecular formula is C10H11N2OS. The Morgan fingerprint density at radius 3 is 2.64 bits per heavy atom. The van der Waals surface area contributed by atoms with E-state index in [0.717, 1.165) is 5.69 Å². The smallest absolute Gasteiger partial charge is 0.222 e. The minimum Gasteiger partial charge on any atom is -0.352 e. The van der Waals surface area contributed by atoms with Gasteiger partial charge < -0.3 is 10.6 Å². The van der Waals surface area contributed by atoms with E-state index in [1.165, 1.54) is 0 Å². The molecule has 1 aromatic rings. The van der Waals surface area contributed by atoms with E-state index in [9.17, 15) is 4.79 Å². The Balaban J connectivity index is 2.46. The summed E-state index contributed by atoms with van der Waals surface area (Å²) in [6, 6.07) is 9.12. The summed E-state index contributed by atoms with van der Waals surface area (Å²) in [4.78, 5) is 10.2. The molecule has 0 aliphatic carbocycles. The quantitative estimate of drug-likeness (QED) is 0.736. The SMILES string of the molecule is CC([C]=O)NC(=S)Nc1ccccc1. The predicted octanol–water partition coefficient (Wildman–Crippen LogP) is 1.47. The van der Waals surface area contributed by atoms with E-state index in [1.54, 1.807) is 13.2 Å². The fourth-order valence-corrected chi connectivity index (χ4v) is 1.21. The lowest BCUT2D eigenvalue weighted by molar-refractivity contribution is 0.540. The van der Waals surface area contributed by atoms with Gasteiger partial charge in [0.2, 0.25) is 6.29 Å². The van der Waals surface area contributed by atoms with Gasteiger partial charge in [-0.3, -0.25) is 4.79 Å². The third kappa shape index (κ3) is 3.53. The number of carbonyl (C=O) groups excluding carboxylic acids is 1. The first kappa shape index (κ1) is 10.7. The predicted molar refractivity (Wildman–Crippen MR) is 61.0 cm³/mol. The molecule has 0 heterocycles. The second kappa shape index (κ2) is 5.34. The summed E-state index contributed by atoms with van der Waals surface area (Å²) in [6.45, 7) is 1.69. The summed E-state index contributed by atoms with van der Waals surface area (Å²) < 4.78 is 0. The van der Waals surface area contributed by atoms with E-state index < -0.39 is 6.04 Å². The summed E-state index contributed by atoms with van der Waals surface area (Å²) in [5.74, 6) is 0. The minimum absolute atomic E-state index is 0.390. The van der Waals surface area contributed by atoms with Gasteiger partial charge in [0.05, 0.1) is 6.04 Å². The van der Waals surface area contributed by atoms with Crippen LogP contribution in [0.15, 0.2) is 30.3 Å². The normalized spacial score (nSPS) is 11.5. The molecular weight excluding hydrogens is 196 g/mol. The van der Waals surface area contributed by atoms with Gasteiger partial charge in [-0.05, 0) is 31.3 Å². The van der Waals surface area contributed by atoms with Crippen molar-refractivity contribution in [2.24, 2.45) is 0 Å². The Morgan fingerprint density at radius 1 is 1.43 bits per heavy atom. The number of hydrogen-bond donors (Lipinski definition) is 2. The van der Waals surface area contributed by atoms with Gasteiger partial charge >= 0.3 is 0 Å². The number of thiocarbonyl (C=S) groups is 1. The van der Waals surface area contributed by atoms with Gasteiger partial charge in [0.15, 0.2) is 5.11 Å². The van der Waals surface area contributed by atoms with E-state index in [1.807, 2.05) is 30.3 Å². The summed E-state index contributed by atoms with van der Waals surface area (Å²) in [6.07, 6.45) is 1.79. The highest BCUT2D eigenvalue weighted by atomic mass is 32.1. The molecule has 1 atom stereocenters. The van der Waals surface area contributed by atoms with Gasteiger partial charge in [0.1, 0.15) is 0 Å². The highest BCUT2D eigenvalue weighted by Crippen LogP contribution is 2.04. The monoisotopic (exact) mass is 207 g/mol. The van der Waals surface area contributed by atoms with Crippen molar-refractivity contribution in [1.29, 1.82) is 0 Å². The molecule has 0 bridgehead atoms. The molecule has 1 radical (unpaired) electrons. The van der Waals surface area contributed by atoms with Crippen LogP contribution in [-0.2, 0) is 4.79 Å². The minimum atomic E-state index is -0.390. The van der Waals surface area contributed by atoms with Crippen LogP contribution in [0.5, 0.6) is 0 Å². The van der Waals surface area contributed by atoms with Gasteiger partial charge in [-0.1, -0.05) is 18.2 Å². The van der Waals surface area contributed by atoms with Crippen LogP contribution in [0.25, 0.3) is 0 Å². The average Bonchev–Trinajstić information content (AvgIpc) is 2.19. The second-order valence-corrected chi connectivity index (χ2v) is 3.21. The molecule has 0 amide bonds. The Kier molecular flexibility index (Phi) is 4.07. The van der Waals surface area contributed by atoms with Crippen molar-refractivity contribution < 1.29 is 4.79 Å². The van der Waals surface area contributed by atoms with Gasteiger partial charge in [-0.25, -0.2) is 0 Å². The van der Waals surface area contributed by atoms with Crippen molar-refractivity contribution in [1.82, 2.24) is 5.32 Å². The molecule has 1 aromatic carbocycles. The van der Waals surface area contributed by atoms with Crippen LogP contribution >= 0.6 is 12.2 Å². The highest BCUT2D eigenvalue weighted by Gasteiger charge is 2.02. The molecule has 3 nitrogen and oxygen atoms in total. The molecule has 0 aliphatic heterocycles. The third-order valence-electron chi connectivity index (χ3n) is 1.56. The fraction of sp³-hybridized carbons (Fsp3) is 0.200. The number of benzene rings is 1. The zero-order valence-corrected chi connectivity index (χ0v) is 8.60. The molecule has 14 heavy (non-hydrogen) atoms. The molecule has 4 heteroatoms. The van der Waals surface area contributed by atoms with Crippen molar-refractivity contribution in [3.05, 3.63) is 30.3 Å². The highest BCUT2D eigenvalue weighted by molar-refractivity contribution is 7.80. The second-order valence-electron chi connectivity index (χ2n) is 2.80. The first-order valence-corrected chi connectivity index (χ1v) is 4.63. The molecule has 1 rings (SSSR count). The number of para-hydroxylation sites is 1. The zero-order chi connectivity index (χ0) is 10.4. The molecule has 0 spiro atoms. The Morgan fingerprint density at radius 2 is 2.07 bits per heavy atom. The fourth-order valence-electron chi connectivity index (χ4n) is 0.915. The number of rotatable bonds is 3. The third-order valence-corrected chi connectivity index (χ3v) is 1.78. The van der Waals surface area contributed by atoms with Crippen molar-refractivity contribution in [2.45, 2.75) is 13.0 Å². The lowest BCUT2D eigenvalue weighted by atomic mass is 10.3. The number of nitrogens with one attached hydrogen (secondary N) is 2. The molecule has 0 aromatic heterocycles. The molecule has 0 saturated carbocycles. The summed E-state index contributed by atoms with van der Waals surface area (Å²) in [5, 5.41) is 6.15. The van der Waals surface area contributed by atoms with Crippen molar-refractivity contribution >= 4 is 29.3 Å². The summed E-state index contributed by atoms with van der Waals surface area (Å²) in [5.41, 5.74) is 0.892. The maximum Gasteiger partial charge on any atom is 0.222 e. The van der Waals surface area contributed by atoms with Crippen molar-refractivity contribution in [3.8, 4) is 0 Å². The van der Waals surface area contributed by atoms with Crippen LogP contribution in [0.4, 0.5) is 5.69 Å². The summed E-state index contributed by atoms with van der Waals surface area (Å²) >= 11 is 4.98. The van der Waals surface area contributed by atoms with Crippen LogP contribution in [0.1, 0.15) is 6.92 Å². The largest absolute Gasteiger partial charge is 0.352 e. The van der Waals surface area contributed by atoms with Crippen LogP contribution in [0.2, 0.25) is 0 Å². The van der Waals surface area contributed by atoms with Crippen LogP contribution in [-0.4, -0.2) is 17.4 Å². The Labute approximate surface area is 88.5 Å². The Hall–Kier alpha value is -1.42. The van der Waals surface area contributed by atoms with Crippen LogP contribution < -0.4 is 10.6 Å². The van der Waals surface area contributed by atoms with E-state index in [0.29, 0.717) is 5.11 Å². The van der Waals surface area contributed by atoms with E-state index in [4.69, 9.17) is 12.2 Å². The molecule has 73 valence electrons.